The molecule has 0 bridgehead atoms. The van der Waals surface area contributed by atoms with Gasteiger partial charge in [0.1, 0.15) is 5.75 Å². The summed E-state index contributed by atoms with van der Waals surface area (Å²) in [4.78, 5) is 11.8. The molecule has 0 aliphatic heterocycles. The molecule has 2 aromatic carbocycles. The molecule has 4 heteroatoms. The number of ether oxygens (including phenoxy) is 1. The third-order valence-corrected chi connectivity index (χ3v) is 3.09. The van der Waals surface area contributed by atoms with Crippen LogP contribution < -0.4 is 10.1 Å². The van der Waals surface area contributed by atoms with Gasteiger partial charge in [-0.1, -0.05) is 31.2 Å². The van der Waals surface area contributed by atoms with E-state index in [1.807, 2.05) is 24.3 Å². The minimum Gasteiger partial charge on any atom is -0.484 e. The molecule has 0 aliphatic rings. The van der Waals surface area contributed by atoms with Crippen molar-refractivity contribution in [3.8, 4) is 5.75 Å². The Morgan fingerprint density at radius 3 is 2.57 bits per heavy atom. The van der Waals surface area contributed by atoms with Gasteiger partial charge in [-0.25, -0.2) is 0 Å². The van der Waals surface area contributed by atoms with Crippen LogP contribution >= 0.6 is 0 Å². The Morgan fingerprint density at radius 2 is 1.90 bits per heavy atom. The molecule has 4 nitrogen and oxygen atoms in total. The second-order valence-corrected chi connectivity index (χ2v) is 4.69. The predicted octanol–water partition coefficient (Wildman–Crippen LogP) is 2.76. The van der Waals surface area contributed by atoms with E-state index in [0.717, 1.165) is 17.7 Å². The first-order valence-electron chi connectivity index (χ1n) is 6.92. The zero-order chi connectivity index (χ0) is 15.1. The number of carbonyl (C=O) groups is 1. The lowest BCUT2D eigenvalue weighted by molar-refractivity contribution is -0.118. The van der Waals surface area contributed by atoms with E-state index in [4.69, 9.17) is 9.84 Å². The number of aliphatic hydroxyl groups is 1. The highest BCUT2D eigenvalue weighted by molar-refractivity contribution is 5.91. The van der Waals surface area contributed by atoms with Gasteiger partial charge >= 0.3 is 0 Å². The lowest BCUT2D eigenvalue weighted by atomic mass is 10.1. The number of carbonyl (C=O) groups excluding carboxylic acids is 1. The molecule has 0 radical (unpaired) electrons. The normalized spacial score (nSPS) is 10.2. The first kappa shape index (κ1) is 15.1. The largest absolute Gasteiger partial charge is 0.484 e. The molecule has 0 spiro atoms. The highest BCUT2D eigenvalue weighted by atomic mass is 16.5. The number of amides is 1. The topological polar surface area (TPSA) is 58.6 Å². The van der Waals surface area contributed by atoms with Gasteiger partial charge in [0.15, 0.2) is 6.61 Å². The van der Waals surface area contributed by atoms with Gasteiger partial charge in [0.05, 0.1) is 6.61 Å². The predicted molar refractivity (Wildman–Crippen MR) is 82.3 cm³/mol. The van der Waals surface area contributed by atoms with Gasteiger partial charge < -0.3 is 15.2 Å². The van der Waals surface area contributed by atoms with Crippen LogP contribution in [0.25, 0.3) is 0 Å². The third kappa shape index (κ3) is 4.61. The number of rotatable bonds is 6. The zero-order valence-electron chi connectivity index (χ0n) is 12.0. The van der Waals surface area contributed by atoms with Crippen molar-refractivity contribution in [1.29, 1.82) is 0 Å². The number of hydrogen-bond acceptors (Lipinski definition) is 3. The van der Waals surface area contributed by atoms with Gasteiger partial charge in [-0.2, -0.15) is 0 Å². The molecule has 21 heavy (non-hydrogen) atoms. The van der Waals surface area contributed by atoms with Gasteiger partial charge in [0.25, 0.3) is 5.91 Å². The van der Waals surface area contributed by atoms with E-state index in [2.05, 4.69) is 12.2 Å². The molecule has 0 aliphatic carbocycles. The van der Waals surface area contributed by atoms with Gasteiger partial charge in [0.2, 0.25) is 0 Å². The Balaban J connectivity index is 1.86. The number of anilines is 1. The maximum atomic E-state index is 11.8. The highest BCUT2D eigenvalue weighted by Gasteiger charge is 2.04. The van der Waals surface area contributed by atoms with Crippen LogP contribution in [0.15, 0.2) is 48.5 Å². The van der Waals surface area contributed by atoms with Crippen molar-refractivity contribution < 1.29 is 14.6 Å². The summed E-state index contributed by atoms with van der Waals surface area (Å²) in [6, 6.07) is 14.7. The Kier molecular flexibility index (Phi) is 5.35. The monoisotopic (exact) mass is 285 g/mol. The smallest absolute Gasteiger partial charge is 0.262 e. The summed E-state index contributed by atoms with van der Waals surface area (Å²) >= 11 is 0. The molecule has 0 heterocycles. The summed E-state index contributed by atoms with van der Waals surface area (Å²) < 4.78 is 5.40. The average Bonchev–Trinajstić information content (AvgIpc) is 2.53. The fraction of sp³-hybridized carbons (Fsp3) is 0.235. The molecular formula is C17H19NO3. The number of aryl methyl sites for hydroxylation is 1. The summed E-state index contributed by atoms with van der Waals surface area (Å²) in [5.41, 5.74) is 2.76. The van der Waals surface area contributed by atoms with E-state index < -0.39 is 0 Å². The summed E-state index contributed by atoms with van der Waals surface area (Å²) in [6.07, 6.45) is 0.928. The van der Waals surface area contributed by atoms with E-state index in [1.165, 1.54) is 5.56 Å². The lowest BCUT2D eigenvalue weighted by Gasteiger charge is -2.08. The molecule has 0 aromatic heterocycles. The number of nitrogens with one attached hydrogen (secondary N) is 1. The van der Waals surface area contributed by atoms with E-state index in [9.17, 15) is 4.79 Å². The molecule has 2 rings (SSSR count). The number of benzene rings is 2. The van der Waals surface area contributed by atoms with Crippen molar-refractivity contribution in [2.45, 2.75) is 20.0 Å². The first-order valence-corrected chi connectivity index (χ1v) is 6.92. The van der Waals surface area contributed by atoms with E-state index in [1.54, 1.807) is 24.3 Å². The maximum Gasteiger partial charge on any atom is 0.262 e. The highest BCUT2D eigenvalue weighted by Crippen LogP contribution is 2.13. The van der Waals surface area contributed by atoms with E-state index >= 15 is 0 Å². The molecule has 0 unspecified atom stereocenters. The number of hydrogen-bond donors (Lipinski definition) is 2. The molecule has 2 aromatic rings. The van der Waals surface area contributed by atoms with E-state index in [-0.39, 0.29) is 19.1 Å². The Hall–Kier alpha value is -2.33. The standard InChI is InChI=1S/C17H19NO3/c1-2-13-4-3-5-15(10-13)18-17(20)12-21-16-8-6-14(11-19)7-9-16/h3-10,19H,2,11-12H2,1H3,(H,18,20). The van der Waals surface area contributed by atoms with Gasteiger partial charge in [-0.15, -0.1) is 0 Å². The minimum absolute atomic E-state index is 0.00542. The summed E-state index contributed by atoms with van der Waals surface area (Å²) in [6.45, 7) is 2.02. The van der Waals surface area contributed by atoms with Crippen LogP contribution in [0.4, 0.5) is 5.69 Å². The fourth-order valence-electron chi connectivity index (χ4n) is 1.91. The summed E-state index contributed by atoms with van der Waals surface area (Å²) in [5, 5.41) is 11.8. The van der Waals surface area contributed by atoms with Crippen LogP contribution in [0.5, 0.6) is 5.75 Å². The van der Waals surface area contributed by atoms with E-state index in [0.29, 0.717) is 5.75 Å². The van der Waals surface area contributed by atoms with Crippen LogP contribution in [0, 0.1) is 0 Å². The van der Waals surface area contributed by atoms with Crippen LogP contribution in [0.2, 0.25) is 0 Å². The van der Waals surface area contributed by atoms with Crippen molar-refractivity contribution in [3.63, 3.8) is 0 Å². The Bertz CT molecular complexity index is 593. The van der Waals surface area contributed by atoms with Crippen LogP contribution in [0.3, 0.4) is 0 Å². The molecular weight excluding hydrogens is 266 g/mol. The molecule has 2 N–H and O–H groups in total. The molecule has 1 amide bonds. The SMILES string of the molecule is CCc1cccc(NC(=O)COc2ccc(CO)cc2)c1. The third-order valence-electron chi connectivity index (χ3n) is 3.09. The second-order valence-electron chi connectivity index (χ2n) is 4.69. The summed E-state index contributed by atoms with van der Waals surface area (Å²) in [7, 11) is 0. The van der Waals surface area contributed by atoms with Crippen LogP contribution in [0.1, 0.15) is 18.1 Å². The molecule has 0 saturated heterocycles. The van der Waals surface area contributed by atoms with Crippen molar-refractivity contribution in [1.82, 2.24) is 0 Å². The first-order chi connectivity index (χ1) is 10.2. The second kappa shape index (κ2) is 7.45. The summed E-state index contributed by atoms with van der Waals surface area (Å²) in [5.74, 6) is 0.402. The Labute approximate surface area is 124 Å². The fourth-order valence-corrected chi connectivity index (χ4v) is 1.91. The maximum absolute atomic E-state index is 11.8. The van der Waals surface area contributed by atoms with Crippen molar-refractivity contribution in [3.05, 3.63) is 59.7 Å². The Morgan fingerprint density at radius 1 is 1.14 bits per heavy atom. The average molecular weight is 285 g/mol. The van der Waals surface area contributed by atoms with Gasteiger partial charge in [0, 0.05) is 5.69 Å². The molecule has 0 fully saturated rings. The molecule has 0 atom stereocenters. The van der Waals surface area contributed by atoms with Crippen LogP contribution in [-0.2, 0) is 17.8 Å². The van der Waals surface area contributed by atoms with Crippen molar-refractivity contribution in [2.24, 2.45) is 0 Å². The quantitative estimate of drug-likeness (QED) is 0.858. The molecule has 0 saturated carbocycles. The van der Waals surface area contributed by atoms with Crippen LogP contribution in [-0.4, -0.2) is 17.6 Å². The van der Waals surface area contributed by atoms with Crippen molar-refractivity contribution in [2.75, 3.05) is 11.9 Å². The minimum atomic E-state index is -0.200. The van der Waals surface area contributed by atoms with Crippen molar-refractivity contribution >= 4 is 11.6 Å². The molecule has 110 valence electrons. The zero-order valence-corrected chi connectivity index (χ0v) is 12.0. The number of aliphatic hydroxyl groups excluding tert-OH is 1. The van der Waals surface area contributed by atoms with Gasteiger partial charge in [-0.05, 0) is 41.8 Å². The lowest BCUT2D eigenvalue weighted by Crippen LogP contribution is -2.20. The van der Waals surface area contributed by atoms with Gasteiger partial charge in [-0.3, -0.25) is 4.79 Å².